The van der Waals surface area contributed by atoms with Crippen LogP contribution in [-0.2, 0) is 19.4 Å². The summed E-state index contributed by atoms with van der Waals surface area (Å²) >= 11 is 0. The number of aryl methyl sites for hydroxylation is 2. The maximum absolute atomic E-state index is 10.5. The zero-order valence-electron chi connectivity index (χ0n) is 15.0. The standard InChI is InChI=1S/C20H30N2O2/c1-3-15(13-23)21-11-16(24)12-22-19-7-5-4-6-17(19)18-10-14(2)8-9-20(18)22/h8-10,15-16,21,23-24H,3-7,11-13H2,1-2H3/p+1/t15-,16-/m0/s1. The fourth-order valence-electron chi connectivity index (χ4n) is 3.96. The summed E-state index contributed by atoms with van der Waals surface area (Å²) < 4.78 is 2.35. The first-order chi connectivity index (χ1) is 11.6. The average molecular weight is 331 g/mol. The Hall–Kier alpha value is -1.36. The second kappa shape index (κ2) is 7.68. The van der Waals surface area contributed by atoms with Crippen LogP contribution in [0.15, 0.2) is 18.2 Å². The molecule has 1 aliphatic carbocycles. The molecule has 132 valence electrons. The second-order valence-corrected chi connectivity index (χ2v) is 7.24. The lowest BCUT2D eigenvalue weighted by molar-refractivity contribution is -0.696. The molecule has 0 spiro atoms. The van der Waals surface area contributed by atoms with Gasteiger partial charge in [-0.25, -0.2) is 0 Å². The molecule has 1 aromatic carbocycles. The number of nitrogens with zero attached hydrogens (tertiary/aromatic N) is 1. The van der Waals surface area contributed by atoms with Crippen LogP contribution in [-0.4, -0.2) is 40.1 Å². The summed E-state index contributed by atoms with van der Waals surface area (Å²) in [6.45, 7) is 5.68. The first-order valence-corrected chi connectivity index (χ1v) is 9.36. The van der Waals surface area contributed by atoms with Gasteiger partial charge < -0.3 is 20.1 Å². The van der Waals surface area contributed by atoms with Crippen molar-refractivity contribution in [3.63, 3.8) is 0 Å². The van der Waals surface area contributed by atoms with E-state index in [1.54, 1.807) is 0 Å². The van der Waals surface area contributed by atoms with Crippen molar-refractivity contribution in [3.05, 3.63) is 35.0 Å². The lowest BCUT2D eigenvalue weighted by Crippen LogP contribution is -2.92. The minimum atomic E-state index is -0.395. The molecule has 0 radical (unpaired) electrons. The fourth-order valence-corrected chi connectivity index (χ4v) is 3.96. The van der Waals surface area contributed by atoms with E-state index in [-0.39, 0.29) is 12.6 Å². The molecule has 0 bridgehead atoms. The number of hydrogen-bond donors (Lipinski definition) is 3. The minimum Gasteiger partial charge on any atom is -0.390 e. The van der Waals surface area contributed by atoms with E-state index in [2.05, 4.69) is 41.9 Å². The molecule has 24 heavy (non-hydrogen) atoms. The summed E-state index contributed by atoms with van der Waals surface area (Å²) in [5, 5.41) is 23.3. The van der Waals surface area contributed by atoms with Crippen molar-refractivity contribution in [2.45, 2.75) is 64.6 Å². The van der Waals surface area contributed by atoms with Gasteiger partial charge in [-0.3, -0.25) is 0 Å². The van der Waals surface area contributed by atoms with Crippen LogP contribution in [0.4, 0.5) is 0 Å². The van der Waals surface area contributed by atoms with Crippen molar-refractivity contribution < 1.29 is 15.5 Å². The van der Waals surface area contributed by atoms with Gasteiger partial charge in [0.2, 0.25) is 0 Å². The largest absolute Gasteiger partial charge is 0.390 e. The van der Waals surface area contributed by atoms with Gasteiger partial charge in [-0.15, -0.1) is 0 Å². The molecular weight excluding hydrogens is 300 g/mol. The van der Waals surface area contributed by atoms with Gasteiger partial charge >= 0.3 is 0 Å². The van der Waals surface area contributed by atoms with Crippen molar-refractivity contribution in [2.24, 2.45) is 0 Å². The first kappa shape index (κ1) is 17.5. The Balaban J connectivity index is 1.83. The zero-order chi connectivity index (χ0) is 17.1. The number of quaternary nitrogens is 1. The molecule has 2 atom stereocenters. The van der Waals surface area contributed by atoms with E-state index in [0.29, 0.717) is 13.1 Å². The third-order valence-corrected chi connectivity index (χ3v) is 5.43. The highest BCUT2D eigenvalue weighted by Gasteiger charge is 2.22. The normalized spacial score (nSPS) is 17.0. The van der Waals surface area contributed by atoms with Gasteiger partial charge in [-0.05, 0) is 56.7 Å². The molecule has 0 saturated carbocycles. The van der Waals surface area contributed by atoms with Crippen LogP contribution < -0.4 is 5.32 Å². The maximum Gasteiger partial charge on any atom is 0.121 e. The molecule has 4 nitrogen and oxygen atoms in total. The molecule has 1 heterocycles. The van der Waals surface area contributed by atoms with Crippen LogP contribution in [0.5, 0.6) is 0 Å². The van der Waals surface area contributed by atoms with E-state index in [9.17, 15) is 10.2 Å². The molecule has 3 rings (SSSR count). The van der Waals surface area contributed by atoms with Gasteiger partial charge in [0.15, 0.2) is 0 Å². The van der Waals surface area contributed by atoms with E-state index in [4.69, 9.17) is 0 Å². The summed E-state index contributed by atoms with van der Waals surface area (Å²) in [6, 6.07) is 6.87. The topological polar surface area (TPSA) is 62.0 Å². The molecule has 0 fully saturated rings. The lowest BCUT2D eigenvalue weighted by Gasteiger charge is -2.19. The van der Waals surface area contributed by atoms with E-state index in [1.165, 1.54) is 40.6 Å². The summed E-state index contributed by atoms with van der Waals surface area (Å²) in [4.78, 5) is 0. The number of rotatable bonds is 7. The monoisotopic (exact) mass is 331 g/mol. The van der Waals surface area contributed by atoms with Crippen molar-refractivity contribution in [1.29, 1.82) is 0 Å². The van der Waals surface area contributed by atoms with E-state index < -0.39 is 6.10 Å². The number of fused-ring (bicyclic) bond motifs is 3. The molecule has 2 aromatic rings. The number of aromatic nitrogens is 1. The van der Waals surface area contributed by atoms with Crippen molar-refractivity contribution in [1.82, 2.24) is 4.57 Å². The predicted molar refractivity (Wildman–Crippen MR) is 97.3 cm³/mol. The number of nitrogens with two attached hydrogens (primary N) is 1. The molecule has 1 aromatic heterocycles. The summed E-state index contributed by atoms with van der Waals surface area (Å²) in [6.07, 6.45) is 5.32. The smallest absolute Gasteiger partial charge is 0.121 e. The van der Waals surface area contributed by atoms with E-state index in [0.717, 1.165) is 19.3 Å². The Kier molecular flexibility index (Phi) is 5.59. The molecule has 4 heteroatoms. The van der Waals surface area contributed by atoms with Gasteiger partial charge in [-0.1, -0.05) is 18.6 Å². The third kappa shape index (κ3) is 3.51. The quantitative estimate of drug-likeness (QED) is 0.720. The number of aliphatic hydroxyl groups excluding tert-OH is 2. The molecule has 0 aliphatic heterocycles. The highest BCUT2D eigenvalue weighted by molar-refractivity contribution is 5.86. The van der Waals surface area contributed by atoms with Crippen LogP contribution >= 0.6 is 0 Å². The predicted octanol–water partition coefficient (Wildman–Crippen LogP) is 1.52. The molecule has 0 unspecified atom stereocenters. The number of aliphatic hydroxyl groups is 2. The lowest BCUT2D eigenvalue weighted by atomic mass is 9.95. The highest BCUT2D eigenvalue weighted by Crippen LogP contribution is 2.32. The number of benzene rings is 1. The van der Waals surface area contributed by atoms with Crippen LogP contribution in [0.3, 0.4) is 0 Å². The van der Waals surface area contributed by atoms with Gasteiger partial charge in [0.1, 0.15) is 18.7 Å². The SMILES string of the molecule is CC[C@@H](CO)[NH2+]C[C@H](O)Cn1c2c(c3cc(C)ccc31)CCCC2. The van der Waals surface area contributed by atoms with Gasteiger partial charge in [-0.2, -0.15) is 0 Å². The van der Waals surface area contributed by atoms with E-state index >= 15 is 0 Å². The molecule has 1 aliphatic rings. The Morgan fingerprint density at radius 2 is 2.04 bits per heavy atom. The molecule has 0 amide bonds. The van der Waals surface area contributed by atoms with Gasteiger partial charge in [0.25, 0.3) is 0 Å². The zero-order valence-corrected chi connectivity index (χ0v) is 15.0. The van der Waals surface area contributed by atoms with Crippen molar-refractivity contribution in [2.75, 3.05) is 13.2 Å². The van der Waals surface area contributed by atoms with Crippen LogP contribution in [0.2, 0.25) is 0 Å². The Bertz CT molecular complexity index is 688. The van der Waals surface area contributed by atoms with Gasteiger partial charge in [0.05, 0.1) is 13.2 Å². The Morgan fingerprint density at radius 1 is 1.25 bits per heavy atom. The third-order valence-electron chi connectivity index (χ3n) is 5.43. The summed E-state index contributed by atoms with van der Waals surface area (Å²) in [7, 11) is 0. The Labute approximate surface area is 144 Å². The summed E-state index contributed by atoms with van der Waals surface area (Å²) in [5.74, 6) is 0. The van der Waals surface area contributed by atoms with Crippen LogP contribution in [0.25, 0.3) is 10.9 Å². The molecule has 0 saturated heterocycles. The number of hydrogen-bond acceptors (Lipinski definition) is 2. The minimum absolute atomic E-state index is 0.171. The first-order valence-electron chi connectivity index (χ1n) is 9.36. The second-order valence-electron chi connectivity index (χ2n) is 7.24. The van der Waals surface area contributed by atoms with Crippen LogP contribution in [0, 0.1) is 6.92 Å². The Morgan fingerprint density at radius 3 is 2.79 bits per heavy atom. The molecule has 4 N–H and O–H groups in total. The van der Waals surface area contributed by atoms with Crippen molar-refractivity contribution >= 4 is 10.9 Å². The highest BCUT2D eigenvalue weighted by atomic mass is 16.3. The van der Waals surface area contributed by atoms with E-state index in [1.807, 2.05) is 0 Å². The van der Waals surface area contributed by atoms with Crippen LogP contribution in [0.1, 0.15) is 43.0 Å². The fraction of sp³-hybridized carbons (Fsp3) is 0.600. The summed E-state index contributed by atoms with van der Waals surface area (Å²) in [5.41, 5.74) is 5.49. The van der Waals surface area contributed by atoms with Gasteiger partial charge in [0, 0.05) is 16.6 Å². The van der Waals surface area contributed by atoms with Crippen molar-refractivity contribution in [3.8, 4) is 0 Å². The average Bonchev–Trinajstić information content (AvgIpc) is 2.89. The maximum atomic E-state index is 10.5. The molecular formula is C20H31N2O2+.